The van der Waals surface area contributed by atoms with Crippen LogP contribution in [0.15, 0.2) is 18.2 Å². The van der Waals surface area contributed by atoms with E-state index in [2.05, 4.69) is 17.6 Å². The second-order valence-electron chi connectivity index (χ2n) is 7.15. The summed E-state index contributed by atoms with van der Waals surface area (Å²) in [5.74, 6) is -0.718. The molecule has 0 aromatic heterocycles. The highest BCUT2D eigenvalue weighted by molar-refractivity contribution is 5.95. The summed E-state index contributed by atoms with van der Waals surface area (Å²) in [5.41, 5.74) is 3.09. The zero-order chi connectivity index (χ0) is 19.1. The number of carbonyl (C=O) groups excluding carboxylic acids is 3. The predicted molar refractivity (Wildman–Crippen MR) is 98.7 cm³/mol. The Kier molecular flexibility index (Phi) is 7.18. The van der Waals surface area contributed by atoms with Crippen LogP contribution in [0.4, 0.5) is 4.79 Å². The van der Waals surface area contributed by atoms with Crippen molar-refractivity contribution < 1.29 is 19.1 Å². The van der Waals surface area contributed by atoms with Gasteiger partial charge in [-0.1, -0.05) is 38.0 Å². The Bertz CT molecular complexity index is 672. The van der Waals surface area contributed by atoms with E-state index in [9.17, 15) is 14.4 Å². The second-order valence-corrected chi connectivity index (χ2v) is 7.15. The molecule has 1 aliphatic rings. The van der Waals surface area contributed by atoms with Crippen LogP contribution < -0.4 is 10.6 Å². The van der Waals surface area contributed by atoms with Crippen LogP contribution in [-0.2, 0) is 20.7 Å². The van der Waals surface area contributed by atoms with Crippen LogP contribution in [0.2, 0.25) is 0 Å². The third kappa shape index (κ3) is 6.17. The van der Waals surface area contributed by atoms with Crippen LogP contribution in [0.25, 0.3) is 0 Å². The molecular weight excluding hydrogens is 332 g/mol. The summed E-state index contributed by atoms with van der Waals surface area (Å²) in [6.45, 7) is 5.61. The van der Waals surface area contributed by atoms with E-state index in [1.165, 1.54) is 6.42 Å². The van der Waals surface area contributed by atoms with Crippen molar-refractivity contribution in [1.82, 2.24) is 10.6 Å². The van der Waals surface area contributed by atoms with Crippen molar-refractivity contribution in [3.05, 3.63) is 34.9 Å². The molecule has 1 saturated carbocycles. The first-order chi connectivity index (χ1) is 12.3. The van der Waals surface area contributed by atoms with Gasteiger partial charge < -0.3 is 10.1 Å². The summed E-state index contributed by atoms with van der Waals surface area (Å²) in [6, 6.07) is 5.29. The first-order valence-electron chi connectivity index (χ1n) is 9.17. The van der Waals surface area contributed by atoms with Crippen molar-refractivity contribution in [2.45, 2.75) is 58.9 Å². The maximum atomic E-state index is 11.9. The van der Waals surface area contributed by atoms with E-state index < -0.39 is 24.5 Å². The van der Waals surface area contributed by atoms with E-state index in [0.717, 1.165) is 36.0 Å². The molecule has 26 heavy (non-hydrogen) atoms. The number of urea groups is 1. The topological polar surface area (TPSA) is 84.5 Å². The average Bonchev–Trinajstić information content (AvgIpc) is 2.58. The maximum absolute atomic E-state index is 11.9. The fourth-order valence-electron chi connectivity index (χ4n) is 3.18. The summed E-state index contributed by atoms with van der Waals surface area (Å²) < 4.78 is 4.96. The molecule has 0 heterocycles. The smallest absolute Gasteiger partial charge is 0.321 e. The number of amides is 3. The molecule has 6 nitrogen and oxygen atoms in total. The minimum atomic E-state index is -0.626. The van der Waals surface area contributed by atoms with Crippen LogP contribution in [0.1, 0.15) is 49.3 Å². The quantitative estimate of drug-likeness (QED) is 0.791. The van der Waals surface area contributed by atoms with Crippen molar-refractivity contribution in [3.63, 3.8) is 0 Å². The van der Waals surface area contributed by atoms with Crippen LogP contribution in [-0.4, -0.2) is 30.6 Å². The lowest BCUT2D eigenvalue weighted by Gasteiger charge is -2.29. The van der Waals surface area contributed by atoms with E-state index in [0.29, 0.717) is 5.92 Å². The number of nitrogens with one attached hydrogen (secondary N) is 2. The molecule has 0 spiro atoms. The third-order valence-corrected chi connectivity index (χ3v) is 4.96. The van der Waals surface area contributed by atoms with Crippen molar-refractivity contribution in [2.75, 3.05) is 6.61 Å². The lowest BCUT2D eigenvalue weighted by atomic mass is 9.86. The van der Waals surface area contributed by atoms with Crippen LogP contribution in [0.5, 0.6) is 0 Å². The van der Waals surface area contributed by atoms with Crippen molar-refractivity contribution in [1.29, 1.82) is 0 Å². The number of rotatable bonds is 5. The molecule has 2 N–H and O–H groups in total. The minimum absolute atomic E-state index is 0.0869. The van der Waals surface area contributed by atoms with Crippen molar-refractivity contribution in [2.24, 2.45) is 5.92 Å². The molecule has 0 radical (unpaired) electrons. The molecule has 2 atom stereocenters. The van der Waals surface area contributed by atoms with Gasteiger partial charge in [-0.05, 0) is 49.3 Å². The summed E-state index contributed by atoms with van der Waals surface area (Å²) in [6.07, 6.45) is 4.36. The van der Waals surface area contributed by atoms with E-state index in [-0.39, 0.29) is 12.5 Å². The lowest BCUT2D eigenvalue weighted by molar-refractivity contribution is -0.147. The molecule has 2 rings (SSSR count). The molecule has 1 aliphatic carbocycles. The number of carbonyl (C=O) groups is 3. The fraction of sp³-hybridized carbons (Fsp3) is 0.550. The normalized spacial score (nSPS) is 19.5. The molecule has 0 bridgehead atoms. The second kappa shape index (κ2) is 9.36. The predicted octanol–water partition coefficient (Wildman–Crippen LogP) is 2.79. The molecule has 3 amide bonds. The summed E-state index contributed by atoms with van der Waals surface area (Å²) in [4.78, 5) is 35.5. The van der Waals surface area contributed by atoms with E-state index in [1.807, 2.05) is 32.0 Å². The Hall–Kier alpha value is -2.37. The number of ether oxygens (including phenoxy) is 1. The Morgan fingerprint density at radius 1 is 1.12 bits per heavy atom. The molecular formula is C20H28N2O4. The van der Waals surface area contributed by atoms with Crippen LogP contribution >= 0.6 is 0 Å². The van der Waals surface area contributed by atoms with Gasteiger partial charge in [0.15, 0.2) is 6.61 Å². The monoisotopic (exact) mass is 360 g/mol. The molecule has 1 aromatic rings. The minimum Gasteiger partial charge on any atom is -0.455 e. The van der Waals surface area contributed by atoms with Gasteiger partial charge in [0, 0.05) is 6.04 Å². The van der Waals surface area contributed by atoms with E-state index >= 15 is 0 Å². The standard InChI is InChI=1S/C20H28N2O4/c1-13-8-9-16(10-15(13)3)11-19(24)26-12-18(23)22-20(25)21-17-7-5-4-6-14(17)2/h8-10,14,17H,4-7,11-12H2,1-3H3,(H2,21,22,23,25)/t14-,17-/m0/s1. The van der Waals surface area contributed by atoms with Gasteiger partial charge in [-0.3, -0.25) is 14.9 Å². The van der Waals surface area contributed by atoms with Gasteiger partial charge in [0.1, 0.15) is 0 Å². The highest BCUT2D eigenvalue weighted by atomic mass is 16.5. The Balaban J connectivity index is 1.71. The van der Waals surface area contributed by atoms with Crippen LogP contribution in [0.3, 0.4) is 0 Å². The third-order valence-electron chi connectivity index (χ3n) is 4.96. The zero-order valence-corrected chi connectivity index (χ0v) is 15.8. The van der Waals surface area contributed by atoms with Crippen LogP contribution in [0, 0.1) is 19.8 Å². The highest BCUT2D eigenvalue weighted by Gasteiger charge is 2.23. The van der Waals surface area contributed by atoms with E-state index in [4.69, 9.17) is 4.74 Å². The van der Waals surface area contributed by atoms with E-state index in [1.54, 1.807) is 0 Å². The first-order valence-corrected chi connectivity index (χ1v) is 9.17. The fourth-order valence-corrected chi connectivity index (χ4v) is 3.18. The van der Waals surface area contributed by atoms with Crippen molar-refractivity contribution in [3.8, 4) is 0 Å². The number of benzene rings is 1. The molecule has 1 aromatic carbocycles. The summed E-state index contributed by atoms with van der Waals surface area (Å²) in [5, 5.41) is 5.04. The zero-order valence-electron chi connectivity index (χ0n) is 15.8. The van der Waals surface area contributed by atoms with Gasteiger partial charge in [-0.25, -0.2) is 4.79 Å². The molecule has 0 aliphatic heterocycles. The van der Waals surface area contributed by atoms with Crippen molar-refractivity contribution >= 4 is 17.9 Å². The Labute approximate surface area is 154 Å². The first kappa shape index (κ1) is 19.9. The number of hydrogen-bond acceptors (Lipinski definition) is 4. The average molecular weight is 360 g/mol. The lowest BCUT2D eigenvalue weighted by Crippen LogP contribution is -2.48. The molecule has 6 heteroatoms. The Morgan fingerprint density at radius 2 is 1.85 bits per heavy atom. The van der Waals surface area contributed by atoms with Gasteiger partial charge in [0.05, 0.1) is 6.42 Å². The number of hydrogen-bond donors (Lipinski definition) is 2. The number of esters is 1. The Morgan fingerprint density at radius 3 is 2.54 bits per heavy atom. The van der Waals surface area contributed by atoms with Gasteiger partial charge >= 0.3 is 12.0 Å². The molecule has 142 valence electrons. The SMILES string of the molecule is Cc1ccc(CC(=O)OCC(=O)NC(=O)N[C@H]2CCCC[C@@H]2C)cc1C. The molecule has 0 unspecified atom stereocenters. The van der Waals surface area contributed by atoms with Gasteiger partial charge in [0.2, 0.25) is 0 Å². The largest absolute Gasteiger partial charge is 0.455 e. The van der Waals surface area contributed by atoms with Gasteiger partial charge in [0.25, 0.3) is 5.91 Å². The number of aryl methyl sites for hydroxylation is 2. The van der Waals surface area contributed by atoms with Gasteiger partial charge in [-0.15, -0.1) is 0 Å². The maximum Gasteiger partial charge on any atom is 0.321 e. The molecule has 1 fully saturated rings. The molecule has 0 saturated heterocycles. The summed E-state index contributed by atoms with van der Waals surface area (Å²) >= 11 is 0. The van der Waals surface area contributed by atoms with Gasteiger partial charge in [-0.2, -0.15) is 0 Å². The highest BCUT2D eigenvalue weighted by Crippen LogP contribution is 2.23. The summed E-state index contributed by atoms with van der Waals surface area (Å²) in [7, 11) is 0. The number of imide groups is 1.